The number of benzene rings is 2. The molecule has 3 rings (SSSR count). The van der Waals surface area contributed by atoms with Gasteiger partial charge in [-0.15, -0.1) is 0 Å². The molecule has 7 nitrogen and oxygen atoms in total. The number of hydrogen-bond acceptors (Lipinski definition) is 5. The van der Waals surface area contributed by atoms with Gasteiger partial charge in [-0.25, -0.2) is 8.42 Å². The van der Waals surface area contributed by atoms with Crippen molar-refractivity contribution in [3.8, 4) is 5.75 Å². The monoisotopic (exact) mass is 445 g/mol. The Morgan fingerprint density at radius 1 is 1.16 bits per heavy atom. The molecule has 1 saturated heterocycles. The zero-order chi connectivity index (χ0) is 22.4. The smallest absolute Gasteiger partial charge is 0.264 e. The van der Waals surface area contributed by atoms with E-state index in [1.165, 1.54) is 30.6 Å². The average molecular weight is 446 g/mol. The van der Waals surface area contributed by atoms with Crippen LogP contribution in [0.1, 0.15) is 29.6 Å². The molecule has 1 heterocycles. The number of carbonyl (C=O) groups excluding carboxylic acids is 1. The molecule has 0 bridgehead atoms. The minimum atomic E-state index is -3.75. The van der Waals surface area contributed by atoms with E-state index >= 15 is 0 Å². The summed E-state index contributed by atoms with van der Waals surface area (Å²) in [4.78, 5) is 15.1. The molecular formula is C23H31N3O4S. The summed E-state index contributed by atoms with van der Waals surface area (Å²) < 4.78 is 32.2. The molecule has 1 aliphatic heterocycles. The standard InChI is InChI=1S/C23H31N3O4S/c1-25-15-12-18(13-16-25)11-14-24-23(27)19-5-4-6-20(17-19)26(2)31(28,29)22-9-7-21(30-3)8-10-22/h4-10,17-18H,11-16H2,1-3H3,(H,24,27). The summed E-state index contributed by atoms with van der Waals surface area (Å²) in [5.74, 6) is 1.04. The van der Waals surface area contributed by atoms with Gasteiger partial charge in [-0.2, -0.15) is 0 Å². The second kappa shape index (κ2) is 10.2. The number of carbonyl (C=O) groups is 1. The maximum atomic E-state index is 13.0. The topological polar surface area (TPSA) is 79.0 Å². The normalized spacial score (nSPS) is 15.5. The SMILES string of the molecule is COc1ccc(S(=O)(=O)N(C)c2cccc(C(=O)NCCC3CCN(C)CC3)c2)cc1. The van der Waals surface area contributed by atoms with Gasteiger partial charge < -0.3 is 15.0 Å². The summed E-state index contributed by atoms with van der Waals surface area (Å²) in [7, 11) is 1.39. The first-order chi connectivity index (χ1) is 14.8. The summed E-state index contributed by atoms with van der Waals surface area (Å²) in [6.45, 7) is 2.84. The van der Waals surface area contributed by atoms with Crippen LogP contribution in [-0.4, -0.2) is 60.1 Å². The van der Waals surface area contributed by atoms with Gasteiger partial charge in [-0.3, -0.25) is 9.10 Å². The van der Waals surface area contributed by atoms with Crippen LogP contribution in [0.3, 0.4) is 0 Å². The second-order valence-corrected chi connectivity index (χ2v) is 9.96. The van der Waals surface area contributed by atoms with Crippen molar-refractivity contribution in [1.29, 1.82) is 0 Å². The molecule has 168 valence electrons. The van der Waals surface area contributed by atoms with E-state index in [0.29, 0.717) is 29.5 Å². The van der Waals surface area contributed by atoms with Gasteiger partial charge in [0.15, 0.2) is 0 Å². The molecule has 0 saturated carbocycles. The van der Waals surface area contributed by atoms with Crippen LogP contribution in [0, 0.1) is 5.92 Å². The van der Waals surface area contributed by atoms with Crippen LogP contribution < -0.4 is 14.4 Å². The fraction of sp³-hybridized carbons (Fsp3) is 0.435. The minimum absolute atomic E-state index is 0.156. The lowest BCUT2D eigenvalue weighted by Gasteiger charge is -2.28. The number of amides is 1. The van der Waals surface area contributed by atoms with Crippen LogP contribution in [0.5, 0.6) is 5.75 Å². The second-order valence-electron chi connectivity index (χ2n) is 7.99. The number of sulfonamides is 1. The quantitative estimate of drug-likeness (QED) is 0.676. The molecule has 31 heavy (non-hydrogen) atoms. The molecule has 0 atom stereocenters. The van der Waals surface area contributed by atoms with Gasteiger partial charge in [-0.1, -0.05) is 6.07 Å². The predicted molar refractivity (Wildman–Crippen MR) is 122 cm³/mol. The molecule has 2 aromatic rings. The number of hydrogen-bond donors (Lipinski definition) is 1. The van der Waals surface area contributed by atoms with E-state index in [0.717, 1.165) is 32.4 Å². The summed E-state index contributed by atoms with van der Waals surface area (Å²) in [6, 6.07) is 12.9. The van der Waals surface area contributed by atoms with Gasteiger partial charge in [0, 0.05) is 19.2 Å². The van der Waals surface area contributed by atoms with Crippen molar-refractivity contribution in [1.82, 2.24) is 10.2 Å². The van der Waals surface area contributed by atoms with Crippen molar-refractivity contribution in [2.45, 2.75) is 24.2 Å². The molecule has 0 spiro atoms. The molecule has 1 fully saturated rings. The maximum Gasteiger partial charge on any atom is 0.264 e. The molecule has 0 unspecified atom stereocenters. The minimum Gasteiger partial charge on any atom is -0.497 e. The largest absolute Gasteiger partial charge is 0.497 e. The van der Waals surface area contributed by atoms with Gasteiger partial charge in [-0.05, 0) is 87.8 Å². The first-order valence-electron chi connectivity index (χ1n) is 10.5. The molecule has 1 aliphatic rings. The van der Waals surface area contributed by atoms with Crippen molar-refractivity contribution in [3.63, 3.8) is 0 Å². The van der Waals surface area contributed by atoms with Crippen LogP contribution >= 0.6 is 0 Å². The zero-order valence-corrected chi connectivity index (χ0v) is 19.2. The summed E-state index contributed by atoms with van der Waals surface area (Å²) in [6.07, 6.45) is 3.29. The lowest BCUT2D eigenvalue weighted by molar-refractivity contribution is 0.0949. The number of likely N-dealkylation sites (tertiary alicyclic amines) is 1. The van der Waals surface area contributed by atoms with E-state index in [2.05, 4.69) is 17.3 Å². The molecule has 8 heteroatoms. The lowest BCUT2D eigenvalue weighted by atomic mass is 9.94. The Bertz CT molecular complexity index is 984. The maximum absolute atomic E-state index is 13.0. The van der Waals surface area contributed by atoms with E-state index in [1.807, 2.05) is 0 Å². The highest BCUT2D eigenvalue weighted by Gasteiger charge is 2.22. The fourth-order valence-electron chi connectivity index (χ4n) is 3.73. The highest BCUT2D eigenvalue weighted by atomic mass is 32.2. The number of nitrogens with zero attached hydrogens (tertiary/aromatic N) is 2. The van der Waals surface area contributed by atoms with Crippen LogP contribution in [0.2, 0.25) is 0 Å². The average Bonchev–Trinajstić information content (AvgIpc) is 2.80. The molecule has 2 aromatic carbocycles. The van der Waals surface area contributed by atoms with Crippen LogP contribution in [0.15, 0.2) is 53.4 Å². The third-order valence-electron chi connectivity index (χ3n) is 5.87. The Morgan fingerprint density at radius 3 is 2.48 bits per heavy atom. The molecule has 0 aromatic heterocycles. The van der Waals surface area contributed by atoms with Gasteiger partial charge in [0.2, 0.25) is 0 Å². The summed E-state index contributed by atoms with van der Waals surface area (Å²) >= 11 is 0. The first kappa shape index (κ1) is 23.1. The van der Waals surface area contributed by atoms with E-state index in [9.17, 15) is 13.2 Å². The van der Waals surface area contributed by atoms with E-state index in [1.54, 1.807) is 36.4 Å². The molecule has 0 aliphatic carbocycles. The summed E-state index contributed by atoms with van der Waals surface area (Å²) in [5.41, 5.74) is 0.872. The highest BCUT2D eigenvalue weighted by molar-refractivity contribution is 7.92. The van der Waals surface area contributed by atoms with Crippen LogP contribution in [-0.2, 0) is 10.0 Å². The predicted octanol–water partition coefficient (Wildman–Crippen LogP) is 2.98. The Morgan fingerprint density at radius 2 is 1.84 bits per heavy atom. The zero-order valence-electron chi connectivity index (χ0n) is 18.4. The number of ether oxygens (including phenoxy) is 1. The Balaban J connectivity index is 1.63. The number of nitrogens with one attached hydrogen (secondary N) is 1. The van der Waals surface area contributed by atoms with Gasteiger partial charge >= 0.3 is 0 Å². The fourth-order valence-corrected chi connectivity index (χ4v) is 4.92. The van der Waals surface area contributed by atoms with E-state index < -0.39 is 10.0 Å². The van der Waals surface area contributed by atoms with Crippen LogP contribution in [0.25, 0.3) is 0 Å². The molecular weight excluding hydrogens is 414 g/mol. The van der Waals surface area contributed by atoms with Crippen molar-refractivity contribution in [2.24, 2.45) is 5.92 Å². The van der Waals surface area contributed by atoms with Crippen molar-refractivity contribution in [3.05, 3.63) is 54.1 Å². The van der Waals surface area contributed by atoms with Gasteiger partial charge in [0.05, 0.1) is 17.7 Å². The first-order valence-corrected chi connectivity index (χ1v) is 11.9. The van der Waals surface area contributed by atoms with Crippen molar-refractivity contribution < 1.29 is 17.9 Å². The van der Waals surface area contributed by atoms with Crippen molar-refractivity contribution in [2.75, 3.05) is 45.1 Å². The Hall–Kier alpha value is -2.58. The third-order valence-corrected chi connectivity index (χ3v) is 7.67. The number of methoxy groups -OCH3 is 1. The number of anilines is 1. The number of rotatable bonds is 8. The highest BCUT2D eigenvalue weighted by Crippen LogP contribution is 2.24. The van der Waals surface area contributed by atoms with E-state index in [-0.39, 0.29) is 10.8 Å². The van der Waals surface area contributed by atoms with Gasteiger partial charge in [0.25, 0.3) is 15.9 Å². The summed E-state index contributed by atoms with van der Waals surface area (Å²) in [5, 5.41) is 2.97. The van der Waals surface area contributed by atoms with Crippen LogP contribution in [0.4, 0.5) is 5.69 Å². The van der Waals surface area contributed by atoms with E-state index in [4.69, 9.17) is 4.74 Å². The third kappa shape index (κ3) is 5.77. The lowest BCUT2D eigenvalue weighted by Crippen LogP contribution is -2.32. The van der Waals surface area contributed by atoms with Crippen molar-refractivity contribution >= 4 is 21.6 Å². The number of piperidine rings is 1. The van der Waals surface area contributed by atoms with Gasteiger partial charge in [0.1, 0.15) is 5.75 Å². The Labute approximate surface area is 185 Å². The molecule has 1 amide bonds. The molecule has 1 N–H and O–H groups in total. The Kier molecular flexibility index (Phi) is 7.56. The molecule has 0 radical (unpaired) electrons.